The van der Waals surface area contributed by atoms with Gasteiger partial charge >= 0.3 is 5.97 Å². The molecule has 0 fully saturated rings. The molecule has 0 saturated carbocycles. The minimum absolute atomic E-state index is 0.0139. The highest BCUT2D eigenvalue weighted by molar-refractivity contribution is 5.85. The molecule has 7 nitrogen and oxygen atoms in total. The molecule has 2 rings (SSSR count). The Kier molecular flexibility index (Phi) is 8.94. The molecule has 2 aromatic rings. The number of aryl methyl sites for hydroxylation is 1. The van der Waals surface area contributed by atoms with Gasteiger partial charge in [-0.1, -0.05) is 12.1 Å². The smallest absolute Gasteiger partial charge is 0.328 e. The average Bonchev–Trinajstić information content (AvgIpc) is 2.65. The first-order valence-corrected chi connectivity index (χ1v) is 7.98. The molecule has 0 aliphatic rings. The van der Waals surface area contributed by atoms with Crippen molar-refractivity contribution in [2.75, 3.05) is 14.2 Å². The monoisotopic (exact) mass is 374 g/mol. The lowest BCUT2D eigenvalue weighted by atomic mass is 10.1. The van der Waals surface area contributed by atoms with Crippen molar-refractivity contribution in [1.82, 2.24) is 0 Å². The zero-order valence-corrected chi connectivity index (χ0v) is 15.1. The molecule has 0 unspecified atom stereocenters. The molecule has 0 aliphatic carbocycles. The van der Waals surface area contributed by atoms with Crippen molar-refractivity contribution in [2.45, 2.75) is 12.8 Å². The molecule has 0 amide bonds. The molecule has 0 atom stereocenters. The lowest BCUT2D eigenvalue weighted by Gasteiger charge is -2.04. The number of aromatic hydroxyl groups is 2. The highest BCUT2D eigenvalue weighted by Gasteiger charge is 2.02. The highest BCUT2D eigenvalue weighted by Crippen LogP contribution is 2.27. The predicted octanol–water partition coefficient (Wildman–Crippen LogP) is 3.03. The molecule has 0 spiro atoms. The van der Waals surface area contributed by atoms with Gasteiger partial charge < -0.3 is 29.6 Å². The van der Waals surface area contributed by atoms with E-state index in [1.54, 1.807) is 24.3 Å². The Morgan fingerprint density at radius 2 is 1.59 bits per heavy atom. The summed E-state index contributed by atoms with van der Waals surface area (Å²) in [6.45, 7) is 0. The van der Waals surface area contributed by atoms with Gasteiger partial charge in [-0.05, 0) is 47.9 Å². The Hall–Kier alpha value is -3.48. The number of benzene rings is 2. The normalized spacial score (nSPS) is 10.0. The molecule has 0 saturated heterocycles. The summed E-state index contributed by atoms with van der Waals surface area (Å²) in [7, 11) is 2.95. The van der Waals surface area contributed by atoms with Gasteiger partial charge in [-0.25, -0.2) is 4.79 Å². The number of rotatable bonds is 7. The summed E-state index contributed by atoms with van der Waals surface area (Å²) in [6, 6.07) is 9.78. The minimum Gasteiger partial charge on any atom is -0.504 e. The van der Waals surface area contributed by atoms with E-state index in [2.05, 4.69) is 0 Å². The summed E-state index contributed by atoms with van der Waals surface area (Å²) in [4.78, 5) is 20.3. The first-order valence-electron chi connectivity index (χ1n) is 7.98. The van der Waals surface area contributed by atoms with Crippen LogP contribution in [0.25, 0.3) is 6.08 Å². The predicted molar refractivity (Wildman–Crippen MR) is 100 cm³/mol. The third-order valence-electron chi connectivity index (χ3n) is 3.42. The third-order valence-corrected chi connectivity index (χ3v) is 3.42. The summed E-state index contributed by atoms with van der Waals surface area (Å²) < 4.78 is 9.72. The number of aldehydes is 1. The van der Waals surface area contributed by atoms with E-state index in [1.807, 2.05) is 6.07 Å². The van der Waals surface area contributed by atoms with Crippen molar-refractivity contribution in [3.8, 4) is 23.0 Å². The number of hydrogen-bond donors (Lipinski definition) is 3. The maximum absolute atomic E-state index is 10.2. The fourth-order valence-corrected chi connectivity index (χ4v) is 2.09. The van der Waals surface area contributed by atoms with Crippen LogP contribution < -0.4 is 9.47 Å². The number of aliphatic carboxylic acids is 1. The van der Waals surface area contributed by atoms with Crippen LogP contribution in [0.5, 0.6) is 23.0 Å². The van der Waals surface area contributed by atoms with E-state index in [4.69, 9.17) is 14.6 Å². The highest BCUT2D eigenvalue weighted by atomic mass is 16.5. The van der Waals surface area contributed by atoms with Crippen LogP contribution in [0.3, 0.4) is 0 Å². The first-order chi connectivity index (χ1) is 12.9. The van der Waals surface area contributed by atoms with E-state index in [9.17, 15) is 19.8 Å². The second kappa shape index (κ2) is 11.2. The van der Waals surface area contributed by atoms with Gasteiger partial charge in [0.25, 0.3) is 0 Å². The van der Waals surface area contributed by atoms with Crippen LogP contribution in [-0.2, 0) is 16.0 Å². The van der Waals surface area contributed by atoms with Crippen LogP contribution in [-0.4, -0.2) is 41.8 Å². The Balaban J connectivity index is 0.000000271. The molecule has 0 heterocycles. The van der Waals surface area contributed by atoms with Gasteiger partial charge in [0.1, 0.15) is 6.29 Å². The molecule has 144 valence electrons. The molecule has 0 aromatic heterocycles. The fraction of sp³-hybridized carbons (Fsp3) is 0.200. The standard InChI is InChI=1S/C10H10O4.C10H12O3/c1-14-9-4-2-7(6-8(9)11)3-5-10(12)13;1-13-10-5-4-8(3-2-6-11)7-9(10)12/h2-6,11H,1H3,(H,12,13);4-7,12H,2-3H2,1H3. The number of carboxylic acid groups (broad SMARTS) is 1. The molecule has 2 aromatic carbocycles. The van der Waals surface area contributed by atoms with Crippen molar-refractivity contribution in [1.29, 1.82) is 0 Å². The number of carboxylic acids is 1. The van der Waals surface area contributed by atoms with Crippen LogP contribution in [0.4, 0.5) is 0 Å². The molecule has 3 N–H and O–H groups in total. The van der Waals surface area contributed by atoms with Gasteiger partial charge in [0, 0.05) is 12.5 Å². The molecular weight excluding hydrogens is 352 g/mol. The van der Waals surface area contributed by atoms with Gasteiger partial charge in [0.05, 0.1) is 14.2 Å². The van der Waals surface area contributed by atoms with E-state index in [-0.39, 0.29) is 11.5 Å². The van der Waals surface area contributed by atoms with Gasteiger partial charge in [-0.3, -0.25) is 0 Å². The maximum atomic E-state index is 10.2. The van der Waals surface area contributed by atoms with E-state index in [1.165, 1.54) is 26.4 Å². The van der Waals surface area contributed by atoms with Crippen LogP contribution in [0.2, 0.25) is 0 Å². The molecule has 7 heteroatoms. The number of ether oxygens (including phenoxy) is 2. The van der Waals surface area contributed by atoms with Crippen LogP contribution in [0.1, 0.15) is 17.5 Å². The molecule has 0 aliphatic heterocycles. The third kappa shape index (κ3) is 7.52. The number of carbonyl (C=O) groups excluding carboxylic acids is 1. The summed E-state index contributed by atoms with van der Waals surface area (Å²) in [5.74, 6) is -0.112. The van der Waals surface area contributed by atoms with Crippen molar-refractivity contribution in [3.05, 3.63) is 53.6 Å². The molecule has 0 radical (unpaired) electrons. The van der Waals surface area contributed by atoms with E-state index >= 15 is 0 Å². The Bertz CT molecular complexity index is 797. The van der Waals surface area contributed by atoms with Crippen molar-refractivity contribution in [3.63, 3.8) is 0 Å². The molecule has 27 heavy (non-hydrogen) atoms. The largest absolute Gasteiger partial charge is 0.504 e. The molecule has 0 bridgehead atoms. The van der Waals surface area contributed by atoms with Crippen LogP contribution >= 0.6 is 0 Å². The Morgan fingerprint density at radius 1 is 1.00 bits per heavy atom. The number of hydrogen-bond acceptors (Lipinski definition) is 6. The summed E-state index contributed by atoms with van der Waals surface area (Å²) in [5, 5.41) is 27.1. The summed E-state index contributed by atoms with van der Waals surface area (Å²) in [6.07, 6.45) is 4.39. The Labute approximate surface area is 157 Å². The van der Waals surface area contributed by atoms with Crippen molar-refractivity contribution >= 4 is 18.3 Å². The topological polar surface area (TPSA) is 113 Å². The minimum atomic E-state index is -1.03. The number of phenolic OH excluding ortho intramolecular Hbond substituents is 2. The number of phenols is 2. The van der Waals surface area contributed by atoms with Gasteiger partial charge in [-0.2, -0.15) is 0 Å². The Morgan fingerprint density at radius 3 is 2.07 bits per heavy atom. The lowest BCUT2D eigenvalue weighted by molar-refractivity contribution is -0.131. The first kappa shape index (κ1) is 21.6. The quantitative estimate of drug-likeness (QED) is 0.504. The summed E-state index contributed by atoms with van der Waals surface area (Å²) >= 11 is 0. The van der Waals surface area contributed by atoms with E-state index in [0.29, 0.717) is 29.9 Å². The van der Waals surface area contributed by atoms with E-state index < -0.39 is 5.97 Å². The number of carbonyl (C=O) groups is 2. The zero-order valence-electron chi connectivity index (χ0n) is 15.1. The zero-order chi connectivity index (χ0) is 20.2. The molecular formula is C20H22O7. The SMILES string of the molecule is COc1ccc(C=CC(=O)O)cc1O.COc1ccc(CCC=O)cc1O. The average molecular weight is 374 g/mol. The second-order valence-electron chi connectivity index (χ2n) is 5.31. The summed E-state index contributed by atoms with van der Waals surface area (Å²) in [5.41, 5.74) is 1.54. The van der Waals surface area contributed by atoms with Gasteiger partial charge in [0.15, 0.2) is 23.0 Å². The second-order valence-corrected chi connectivity index (χ2v) is 5.31. The lowest BCUT2D eigenvalue weighted by Crippen LogP contribution is -1.88. The van der Waals surface area contributed by atoms with Crippen LogP contribution in [0, 0.1) is 0 Å². The van der Waals surface area contributed by atoms with Crippen molar-refractivity contribution in [2.24, 2.45) is 0 Å². The fourth-order valence-electron chi connectivity index (χ4n) is 2.09. The van der Waals surface area contributed by atoms with Gasteiger partial charge in [-0.15, -0.1) is 0 Å². The number of methoxy groups -OCH3 is 2. The maximum Gasteiger partial charge on any atom is 0.328 e. The van der Waals surface area contributed by atoms with E-state index in [0.717, 1.165) is 17.9 Å². The van der Waals surface area contributed by atoms with Crippen molar-refractivity contribution < 1.29 is 34.4 Å². The van der Waals surface area contributed by atoms with Gasteiger partial charge in [0.2, 0.25) is 0 Å². The van der Waals surface area contributed by atoms with Crippen LogP contribution in [0.15, 0.2) is 42.5 Å².